The summed E-state index contributed by atoms with van der Waals surface area (Å²) in [6, 6.07) is 17.3. The van der Waals surface area contributed by atoms with E-state index in [2.05, 4.69) is 16.0 Å². The van der Waals surface area contributed by atoms with E-state index in [0.29, 0.717) is 35.6 Å². The molecule has 208 valence electrons. The highest BCUT2D eigenvalue weighted by molar-refractivity contribution is 5.88. The van der Waals surface area contributed by atoms with Gasteiger partial charge in [0.15, 0.2) is 11.3 Å². The van der Waals surface area contributed by atoms with Crippen molar-refractivity contribution >= 4 is 22.7 Å². The molecule has 1 saturated heterocycles. The number of nitriles is 1. The number of hydrogen-bond donors (Lipinski definition) is 1. The fourth-order valence-corrected chi connectivity index (χ4v) is 5.11. The molecule has 1 atom stereocenters. The van der Waals surface area contributed by atoms with Gasteiger partial charge in [-0.25, -0.2) is 19.2 Å². The number of aromatic nitrogens is 3. The van der Waals surface area contributed by atoms with Gasteiger partial charge in [0.05, 0.1) is 30.8 Å². The Balaban J connectivity index is 1.14. The second-order valence-corrected chi connectivity index (χ2v) is 10.2. The third-order valence-corrected chi connectivity index (χ3v) is 7.51. The lowest BCUT2D eigenvalue weighted by molar-refractivity contribution is -0.0592. The summed E-state index contributed by atoms with van der Waals surface area (Å²) in [6.45, 7) is 3.56. The number of halogens is 1. The Kier molecular flexibility index (Phi) is 7.46. The maximum atomic E-state index is 14.2. The Bertz CT molecular complexity index is 1690. The molecular formula is C31H28FN5O4. The number of hydrogen-bond acceptors (Lipinski definition) is 7. The fourth-order valence-electron chi connectivity index (χ4n) is 5.11. The molecule has 4 aromatic rings. The minimum absolute atomic E-state index is 0.00137. The lowest BCUT2D eigenvalue weighted by atomic mass is 9.99. The van der Waals surface area contributed by atoms with Crippen LogP contribution in [0.1, 0.15) is 45.8 Å². The number of rotatable bonds is 9. The number of fused-ring (bicyclic) bond motifs is 1. The first-order valence-corrected chi connectivity index (χ1v) is 13.5. The minimum atomic E-state index is -1.06. The van der Waals surface area contributed by atoms with E-state index >= 15 is 0 Å². The first-order chi connectivity index (χ1) is 20.0. The standard InChI is InChI=1S/C31H28FN5O4/c32-26-14-20(16-33)4-5-23(26)19-41-24-3-1-2-22(15-24)21-8-11-36(12-9-21)18-29-34-27-6-7-28(31(38)39)35-30(27)37(29)17-25-10-13-40-25/h1-8,14-15,25H,9-13,17-19H2,(H,38,39)/t25-/m0/s1. The molecule has 0 amide bonds. The van der Waals surface area contributed by atoms with Gasteiger partial charge in [0.1, 0.15) is 29.5 Å². The Morgan fingerprint density at radius 3 is 2.78 bits per heavy atom. The highest BCUT2D eigenvalue weighted by Gasteiger charge is 2.24. The molecule has 2 aliphatic rings. The van der Waals surface area contributed by atoms with Crippen molar-refractivity contribution in [1.82, 2.24) is 19.4 Å². The van der Waals surface area contributed by atoms with Crippen LogP contribution in [0.3, 0.4) is 0 Å². The Labute approximate surface area is 236 Å². The molecule has 0 bridgehead atoms. The van der Waals surface area contributed by atoms with Gasteiger partial charge < -0.3 is 19.1 Å². The van der Waals surface area contributed by atoms with Gasteiger partial charge in [-0.15, -0.1) is 0 Å². The number of imidazole rings is 1. The van der Waals surface area contributed by atoms with E-state index in [9.17, 15) is 14.3 Å². The highest BCUT2D eigenvalue weighted by Crippen LogP contribution is 2.28. The summed E-state index contributed by atoms with van der Waals surface area (Å²) in [5.74, 6) is -0.0321. The lowest BCUT2D eigenvalue weighted by Gasteiger charge is -2.29. The number of benzene rings is 2. The average Bonchev–Trinajstić information content (AvgIpc) is 3.30. The highest BCUT2D eigenvalue weighted by atomic mass is 19.1. The summed E-state index contributed by atoms with van der Waals surface area (Å²) in [5, 5.41) is 18.4. The summed E-state index contributed by atoms with van der Waals surface area (Å²) in [5.41, 5.74) is 4.18. The quantitative estimate of drug-likeness (QED) is 0.315. The smallest absolute Gasteiger partial charge is 0.354 e. The summed E-state index contributed by atoms with van der Waals surface area (Å²) in [4.78, 5) is 23.0. The molecule has 0 radical (unpaired) electrons. The van der Waals surface area contributed by atoms with Gasteiger partial charge in [0, 0.05) is 25.3 Å². The van der Waals surface area contributed by atoms with Gasteiger partial charge >= 0.3 is 5.97 Å². The minimum Gasteiger partial charge on any atom is -0.489 e. The Morgan fingerprint density at radius 1 is 1.20 bits per heavy atom. The van der Waals surface area contributed by atoms with E-state index in [1.54, 1.807) is 18.2 Å². The first-order valence-electron chi connectivity index (χ1n) is 13.5. The molecule has 2 aromatic heterocycles. The van der Waals surface area contributed by atoms with Gasteiger partial charge in [-0.1, -0.05) is 24.3 Å². The monoisotopic (exact) mass is 553 g/mol. The SMILES string of the molecule is N#Cc1ccc(COc2cccc(C3=CCN(Cc4nc5ccc(C(=O)O)nc5n4C[C@@H]4CCO4)CC3)c2)c(F)c1. The van der Waals surface area contributed by atoms with Crippen LogP contribution in [0, 0.1) is 17.1 Å². The maximum absolute atomic E-state index is 14.2. The fraction of sp³-hybridized carbons (Fsp3) is 0.290. The molecule has 41 heavy (non-hydrogen) atoms. The molecule has 10 heteroatoms. The third-order valence-electron chi connectivity index (χ3n) is 7.51. The molecule has 2 aromatic carbocycles. The largest absolute Gasteiger partial charge is 0.489 e. The second-order valence-electron chi connectivity index (χ2n) is 10.2. The lowest BCUT2D eigenvalue weighted by Crippen LogP contribution is -2.33. The molecule has 0 saturated carbocycles. The molecule has 4 heterocycles. The van der Waals surface area contributed by atoms with Crippen LogP contribution in [-0.2, 0) is 24.4 Å². The van der Waals surface area contributed by atoms with Gasteiger partial charge in [-0.05, 0) is 60.4 Å². The van der Waals surface area contributed by atoms with Crippen molar-refractivity contribution in [3.63, 3.8) is 0 Å². The molecule has 1 fully saturated rings. The number of carbonyl (C=O) groups is 1. The molecule has 0 unspecified atom stereocenters. The molecular weight excluding hydrogens is 525 g/mol. The second kappa shape index (κ2) is 11.5. The molecule has 1 N–H and O–H groups in total. The van der Waals surface area contributed by atoms with Gasteiger partial charge in [-0.3, -0.25) is 4.90 Å². The van der Waals surface area contributed by atoms with Crippen molar-refractivity contribution in [2.45, 2.75) is 38.6 Å². The van der Waals surface area contributed by atoms with Crippen LogP contribution in [0.5, 0.6) is 5.75 Å². The summed E-state index contributed by atoms with van der Waals surface area (Å²) in [6.07, 6.45) is 4.07. The van der Waals surface area contributed by atoms with Gasteiger partial charge in [0.25, 0.3) is 0 Å². The van der Waals surface area contributed by atoms with E-state index in [1.807, 2.05) is 34.9 Å². The van der Waals surface area contributed by atoms with Crippen LogP contribution in [0.2, 0.25) is 0 Å². The van der Waals surface area contributed by atoms with Crippen molar-refractivity contribution in [2.24, 2.45) is 0 Å². The molecule has 6 rings (SSSR count). The zero-order valence-corrected chi connectivity index (χ0v) is 22.3. The number of pyridine rings is 1. The summed E-state index contributed by atoms with van der Waals surface area (Å²) < 4.78 is 27.8. The predicted octanol–water partition coefficient (Wildman–Crippen LogP) is 4.80. The van der Waals surface area contributed by atoms with Crippen LogP contribution in [0.15, 0.2) is 60.7 Å². The zero-order valence-electron chi connectivity index (χ0n) is 22.3. The normalized spacial score (nSPS) is 17.1. The molecule has 2 aliphatic heterocycles. The van der Waals surface area contributed by atoms with E-state index in [-0.39, 0.29) is 24.0 Å². The van der Waals surface area contributed by atoms with Gasteiger partial charge in [0.2, 0.25) is 0 Å². The van der Waals surface area contributed by atoms with E-state index < -0.39 is 11.8 Å². The number of nitrogens with zero attached hydrogens (tertiary/aromatic N) is 5. The van der Waals surface area contributed by atoms with Crippen LogP contribution >= 0.6 is 0 Å². The zero-order chi connectivity index (χ0) is 28.3. The summed E-state index contributed by atoms with van der Waals surface area (Å²) in [7, 11) is 0. The molecule has 0 aliphatic carbocycles. The van der Waals surface area contributed by atoms with Crippen molar-refractivity contribution in [3.05, 3.63) is 94.7 Å². The van der Waals surface area contributed by atoms with Crippen molar-refractivity contribution < 1.29 is 23.8 Å². The number of carboxylic acids is 1. The van der Waals surface area contributed by atoms with Crippen LogP contribution in [0.4, 0.5) is 4.39 Å². The molecule has 9 nitrogen and oxygen atoms in total. The topological polar surface area (TPSA) is 114 Å². The van der Waals surface area contributed by atoms with Crippen molar-refractivity contribution in [2.75, 3.05) is 19.7 Å². The first kappa shape index (κ1) is 26.6. The number of ether oxygens (including phenoxy) is 2. The van der Waals surface area contributed by atoms with E-state index in [4.69, 9.17) is 19.7 Å². The van der Waals surface area contributed by atoms with Crippen LogP contribution in [0.25, 0.3) is 16.7 Å². The van der Waals surface area contributed by atoms with E-state index in [1.165, 1.54) is 17.7 Å². The maximum Gasteiger partial charge on any atom is 0.354 e. The van der Waals surface area contributed by atoms with Crippen LogP contribution < -0.4 is 4.74 Å². The number of aromatic carboxylic acids is 1. The third kappa shape index (κ3) is 5.82. The van der Waals surface area contributed by atoms with Gasteiger partial charge in [-0.2, -0.15) is 5.26 Å². The Hall–Kier alpha value is -4.59. The number of carboxylic acid groups (broad SMARTS) is 1. The van der Waals surface area contributed by atoms with E-state index in [0.717, 1.165) is 43.9 Å². The predicted molar refractivity (Wildman–Crippen MR) is 149 cm³/mol. The molecule has 0 spiro atoms. The average molecular weight is 554 g/mol. The Morgan fingerprint density at radius 2 is 2.07 bits per heavy atom. The summed E-state index contributed by atoms with van der Waals surface area (Å²) >= 11 is 0. The van der Waals surface area contributed by atoms with Crippen molar-refractivity contribution in [3.8, 4) is 11.8 Å². The van der Waals surface area contributed by atoms with Crippen molar-refractivity contribution in [1.29, 1.82) is 5.26 Å². The van der Waals surface area contributed by atoms with Crippen LogP contribution in [-0.4, -0.2) is 56.3 Å².